The predicted octanol–water partition coefficient (Wildman–Crippen LogP) is 4.83. The standard InChI is InChI=1S/C29H37N3O4/c1-4-16-34-21-25(33)18-31(19-27-11-8-17-35-27)20-28-23(3)30-32(24-9-6-5-7-10-24)29(28)36-26-14-12-22(2)13-15-26/h4-7,9-10,12-15,25,27,33H,1,8,11,16-21H2,2-3H3/t25-,27+/m0/s1. The molecule has 2 aromatic carbocycles. The molecule has 0 saturated carbocycles. The lowest BCUT2D eigenvalue weighted by molar-refractivity contribution is 0.00836. The Bertz CT molecular complexity index is 1090. The number of para-hydroxylation sites is 1. The van der Waals surface area contributed by atoms with E-state index in [4.69, 9.17) is 19.3 Å². The lowest BCUT2D eigenvalue weighted by Crippen LogP contribution is -2.39. The molecule has 0 aliphatic carbocycles. The van der Waals surface area contributed by atoms with Gasteiger partial charge in [0, 0.05) is 26.2 Å². The highest BCUT2D eigenvalue weighted by atomic mass is 16.5. The zero-order valence-electron chi connectivity index (χ0n) is 21.3. The highest BCUT2D eigenvalue weighted by molar-refractivity contribution is 5.43. The minimum absolute atomic E-state index is 0.150. The van der Waals surface area contributed by atoms with Gasteiger partial charge in [0.2, 0.25) is 5.88 Å². The average Bonchev–Trinajstić information content (AvgIpc) is 3.49. The minimum atomic E-state index is -0.628. The van der Waals surface area contributed by atoms with Crippen LogP contribution in [0.3, 0.4) is 0 Å². The average molecular weight is 492 g/mol. The molecule has 0 radical (unpaired) electrons. The van der Waals surface area contributed by atoms with E-state index in [-0.39, 0.29) is 12.7 Å². The molecule has 2 atom stereocenters. The number of ether oxygens (including phenoxy) is 3. The van der Waals surface area contributed by atoms with Crippen LogP contribution in [0.4, 0.5) is 0 Å². The van der Waals surface area contributed by atoms with E-state index in [1.165, 1.54) is 5.56 Å². The molecule has 192 valence electrons. The van der Waals surface area contributed by atoms with Gasteiger partial charge in [0.25, 0.3) is 0 Å². The van der Waals surface area contributed by atoms with Crippen LogP contribution in [-0.4, -0.2) is 64.9 Å². The van der Waals surface area contributed by atoms with Gasteiger partial charge in [-0.2, -0.15) is 5.10 Å². The molecule has 7 heteroatoms. The van der Waals surface area contributed by atoms with Gasteiger partial charge in [0.15, 0.2) is 0 Å². The van der Waals surface area contributed by atoms with Crippen LogP contribution in [0.5, 0.6) is 11.6 Å². The molecular weight excluding hydrogens is 454 g/mol. The van der Waals surface area contributed by atoms with E-state index in [0.717, 1.165) is 48.7 Å². The molecule has 0 amide bonds. The van der Waals surface area contributed by atoms with Crippen LogP contribution in [0.2, 0.25) is 0 Å². The van der Waals surface area contributed by atoms with Crippen molar-refractivity contribution >= 4 is 0 Å². The zero-order valence-corrected chi connectivity index (χ0v) is 21.3. The molecule has 36 heavy (non-hydrogen) atoms. The smallest absolute Gasteiger partial charge is 0.227 e. The maximum Gasteiger partial charge on any atom is 0.227 e. The Balaban J connectivity index is 1.63. The lowest BCUT2D eigenvalue weighted by atomic mass is 10.1. The van der Waals surface area contributed by atoms with E-state index < -0.39 is 6.10 Å². The van der Waals surface area contributed by atoms with Crippen LogP contribution in [0, 0.1) is 13.8 Å². The number of nitrogens with zero attached hydrogens (tertiary/aromatic N) is 3. The first-order valence-electron chi connectivity index (χ1n) is 12.6. The van der Waals surface area contributed by atoms with Gasteiger partial charge in [-0.1, -0.05) is 42.0 Å². The first-order valence-corrected chi connectivity index (χ1v) is 12.6. The second-order valence-electron chi connectivity index (χ2n) is 9.34. The Morgan fingerprint density at radius 1 is 1.19 bits per heavy atom. The Kier molecular flexibility index (Phi) is 9.30. The van der Waals surface area contributed by atoms with Crippen molar-refractivity contribution in [2.45, 2.75) is 45.4 Å². The van der Waals surface area contributed by atoms with E-state index in [9.17, 15) is 5.11 Å². The molecule has 1 aliphatic heterocycles. The fraction of sp³-hybridized carbons (Fsp3) is 0.414. The largest absolute Gasteiger partial charge is 0.439 e. The number of aryl methyl sites for hydroxylation is 2. The van der Waals surface area contributed by atoms with Crippen molar-refractivity contribution in [3.05, 3.63) is 84.1 Å². The highest BCUT2D eigenvalue weighted by Crippen LogP contribution is 2.32. The summed E-state index contributed by atoms with van der Waals surface area (Å²) < 4.78 is 19.7. The zero-order chi connectivity index (χ0) is 25.3. The Labute approximate surface area is 213 Å². The molecular formula is C29H37N3O4. The molecule has 1 saturated heterocycles. The molecule has 0 bridgehead atoms. The van der Waals surface area contributed by atoms with Crippen molar-refractivity contribution < 1.29 is 19.3 Å². The fourth-order valence-corrected chi connectivity index (χ4v) is 4.43. The number of aliphatic hydroxyl groups excluding tert-OH is 1. The molecule has 3 aromatic rings. The molecule has 1 aliphatic rings. The van der Waals surface area contributed by atoms with Crippen LogP contribution >= 0.6 is 0 Å². The molecule has 2 heterocycles. The lowest BCUT2D eigenvalue weighted by Gasteiger charge is -2.27. The summed E-state index contributed by atoms with van der Waals surface area (Å²) in [5.41, 5.74) is 3.97. The summed E-state index contributed by atoms with van der Waals surface area (Å²) >= 11 is 0. The molecule has 4 rings (SSSR count). The quantitative estimate of drug-likeness (QED) is 0.273. The van der Waals surface area contributed by atoms with Gasteiger partial charge < -0.3 is 19.3 Å². The predicted molar refractivity (Wildman–Crippen MR) is 141 cm³/mol. The Morgan fingerprint density at radius 2 is 1.97 bits per heavy atom. The second-order valence-corrected chi connectivity index (χ2v) is 9.34. The van der Waals surface area contributed by atoms with Gasteiger partial charge in [-0.25, -0.2) is 4.68 Å². The number of aliphatic hydroxyl groups is 1. The fourth-order valence-electron chi connectivity index (χ4n) is 4.43. The van der Waals surface area contributed by atoms with E-state index in [0.29, 0.717) is 25.6 Å². The first-order chi connectivity index (χ1) is 17.5. The topological polar surface area (TPSA) is 69.0 Å². The van der Waals surface area contributed by atoms with Crippen molar-refractivity contribution in [3.63, 3.8) is 0 Å². The molecule has 1 aromatic heterocycles. The SMILES string of the molecule is C=CCOC[C@@H](O)CN(Cc1c(C)nn(-c2ccccc2)c1Oc1ccc(C)cc1)C[C@H]1CCCO1. The summed E-state index contributed by atoms with van der Waals surface area (Å²) in [5, 5.41) is 15.5. The Morgan fingerprint density at radius 3 is 2.67 bits per heavy atom. The molecule has 7 nitrogen and oxygen atoms in total. The van der Waals surface area contributed by atoms with E-state index >= 15 is 0 Å². The maximum atomic E-state index is 10.7. The van der Waals surface area contributed by atoms with Crippen molar-refractivity contribution in [1.82, 2.24) is 14.7 Å². The third kappa shape index (κ3) is 7.04. The van der Waals surface area contributed by atoms with Crippen LogP contribution in [0.15, 0.2) is 67.3 Å². The molecule has 0 spiro atoms. The van der Waals surface area contributed by atoms with E-state index in [2.05, 4.69) is 18.4 Å². The summed E-state index contributed by atoms with van der Waals surface area (Å²) in [5.74, 6) is 1.43. The van der Waals surface area contributed by atoms with Crippen LogP contribution < -0.4 is 4.74 Å². The van der Waals surface area contributed by atoms with E-state index in [1.807, 2.05) is 66.2 Å². The van der Waals surface area contributed by atoms with Gasteiger partial charge in [-0.15, -0.1) is 6.58 Å². The monoisotopic (exact) mass is 491 g/mol. The van der Waals surface area contributed by atoms with Crippen LogP contribution in [0.25, 0.3) is 5.69 Å². The summed E-state index contributed by atoms with van der Waals surface area (Å²) in [6.07, 6.45) is 3.30. The third-order valence-corrected chi connectivity index (χ3v) is 6.26. The number of hydrogen-bond acceptors (Lipinski definition) is 6. The number of hydrogen-bond donors (Lipinski definition) is 1. The van der Waals surface area contributed by atoms with Gasteiger partial charge in [0.1, 0.15) is 5.75 Å². The second kappa shape index (κ2) is 12.8. The van der Waals surface area contributed by atoms with Crippen molar-refractivity contribution in [1.29, 1.82) is 0 Å². The van der Waals surface area contributed by atoms with Gasteiger partial charge in [0.05, 0.1) is 42.4 Å². The summed E-state index contributed by atoms with van der Waals surface area (Å²) in [6.45, 7) is 10.9. The number of benzene rings is 2. The highest BCUT2D eigenvalue weighted by Gasteiger charge is 2.26. The maximum absolute atomic E-state index is 10.7. The van der Waals surface area contributed by atoms with Gasteiger partial charge in [-0.3, -0.25) is 4.90 Å². The summed E-state index contributed by atoms with van der Waals surface area (Å²) in [6, 6.07) is 18.0. The Hall–Kier alpha value is -2.97. The third-order valence-electron chi connectivity index (χ3n) is 6.26. The van der Waals surface area contributed by atoms with Crippen molar-refractivity contribution in [2.24, 2.45) is 0 Å². The number of aromatic nitrogens is 2. The molecule has 1 N–H and O–H groups in total. The summed E-state index contributed by atoms with van der Waals surface area (Å²) in [7, 11) is 0. The minimum Gasteiger partial charge on any atom is -0.439 e. The molecule has 1 fully saturated rings. The normalized spacial score (nSPS) is 16.4. The van der Waals surface area contributed by atoms with Crippen LogP contribution in [-0.2, 0) is 16.0 Å². The molecule has 0 unspecified atom stereocenters. The van der Waals surface area contributed by atoms with Crippen molar-refractivity contribution in [3.8, 4) is 17.3 Å². The summed E-state index contributed by atoms with van der Waals surface area (Å²) in [4.78, 5) is 2.22. The first kappa shape index (κ1) is 26.1. The van der Waals surface area contributed by atoms with Crippen molar-refractivity contribution in [2.75, 3.05) is 32.9 Å². The number of rotatable bonds is 13. The van der Waals surface area contributed by atoms with E-state index in [1.54, 1.807) is 6.08 Å². The van der Waals surface area contributed by atoms with Gasteiger partial charge >= 0.3 is 0 Å². The van der Waals surface area contributed by atoms with Crippen LogP contribution in [0.1, 0.15) is 29.7 Å². The van der Waals surface area contributed by atoms with Gasteiger partial charge in [-0.05, 0) is 51.0 Å².